The Morgan fingerprint density at radius 1 is 0.941 bits per heavy atom. The molecule has 0 radical (unpaired) electrons. The van der Waals surface area contributed by atoms with E-state index in [1.165, 1.54) is 43.2 Å². The Kier molecular flexibility index (Phi) is 6.48. The van der Waals surface area contributed by atoms with Crippen LogP contribution in [0.5, 0.6) is 0 Å². The molecule has 0 aliphatic heterocycles. The highest BCUT2D eigenvalue weighted by atomic mass is 14.0. The minimum atomic E-state index is 1.04. The monoisotopic (exact) mass is 228 g/mol. The number of rotatable bonds is 5. The zero-order valence-corrected chi connectivity index (χ0v) is 11.5. The molecule has 0 aromatic heterocycles. The zero-order chi connectivity index (χ0) is 12.5. The third kappa shape index (κ3) is 5.59. The molecule has 0 fully saturated rings. The lowest BCUT2D eigenvalue weighted by Gasteiger charge is -1.99. The molecule has 0 bridgehead atoms. The Hall–Kier alpha value is -1.22. The van der Waals surface area contributed by atoms with Gasteiger partial charge >= 0.3 is 0 Å². The fraction of sp³-hybridized carbons (Fsp3) is 0.529. The molecule has 0 saturated heterocycles. The number of hydrogen-bond acceptors (Lipinski definition) is 0. The Morgan fingerprint density at radius 3 is 2.41 bits per heavy atom. The zero-order valence-electron chi connectivity index (χ0n) is 11.5. The van der Waals surface area contributed by atoms with Crippen LogP contribution in [0.2, 0.25) is 0 Å². The molecule has 0 amide bonds. The molecule has 1 aromatic rings. The van der Waals surface area contributed by atoms with Gasteiger partial charge in [-0.25, -0.2) is 0 Å². The summed E-state index contributed by atoms with van der Waals surface area (Å²) in [5.74, 6) is 6.53. The fourth-order valence-corrected chi connectivity index (χ4v) is 1.80. The highest BCUT2D eigenvalue weighted by molar-refractivity contribution is 5.39. The van der Waals surface area contributed by atoms with Gasteiger partial charge in [0.15, 0.2) is 0 Å². The SMILES string of the molecule is CCCCCCCC#Cc1ccc(C)c(C)c1. The van der Waals surface area contributed by atoms with Crippen LogP contribution >= 0.6 is 0 Å². The lowest BCUT2D eigenvalue weighted by molar-refractivity contribution is 0.641. The van der Waals surface area contributed by atoms with Crippen LogP contribution in [0, 0.1) is 25.7 Å². The molecule has 0 heteroatoms. The van der Waals surface area contributed by atoms with Crippen LogP contribution in [-0.4, -0.2) is 0 Å². The summed E-state index contributed by atoms with van der Waals surface area (Å²) in [6.45, 7) is 6.53. The quantitative estimate of drug-likeness (QED) is 0.490. The van der Waals surface area contributed by atoms with E-state index in [2.05, 4.69) is 50.8 Å². The first-order valence-electron chi connectivity index (χ1n) is 6.80. The van der Waals surface area contributed by atoms with E-state index in [0.717, 1.165) is 12.0 Å². The molecule has 0 heterocycles. The molecule has 17 heavy (non-hydrogen) atoms. The summed E-state index contributed by atoms with van der Waals surface area (Å²) in [4.78, 5) is 0. The van der Waals surface area contributed by atoms with Crippen molar-refractivity contribution in [2.45, 2.75) is 59.3 Å². The van der Waals surface area contributed by atoms with Crippen LogP contribution in [-0.2, 0) is 0 Å². The summed E-state index contributed by atoms with van der Waals surface area (Å²) in [5, 5.41) is 0. The predicted molar refractivity (Wildman–Crippen MR) is 76.2 cm³/mol. The first-order chi connectivity index (χ1) is 8.24. The van der Waals surface area contributed by atoms with Crippen LogP contribution < -0.4 is 0 Å². The average molecular weight is 228 g/mol. The van der Waals surface area contributed by atoms with Crippen LogP contribution in [0.1, 0.15) is 62.1 Å². The van der Waals surface area contributed by atoms with Gasteiger partial charge in [-0.1, -0.05) is 50.5 Å². The van der Waals surface area contributed by atoms with Crippen molar-refractivity contribution in [1.29, 1.82) is 0 Å². The van der Waals surface area contributed by atoms with Gasteiger partial charge < -0.3 is 0 Å². The summed E-state index contributed by atoms with van der Waals surface area (Å²) in [6, 6.07) is 6.45. The molecule has 0 nitrogen and oxygen atoms in total. The highest BCUT2D eigenvalue weighted by Gasteiger charge is 1.92. The van der Waals surface area contributed by atoms with E-state index < -0.39 is 0 Å². The van der Waals surface area contributed by atoms with E-state index in [1.807, 2.05) is 0 Å². The highest BCUT2D eigenvalue weighted by Crippen LogP contribution is 2.09. The topological polar surface area (TPSA) is 0 Å². The molecule has 1 aromatic carbocycles. The second kappa shape index (κ2) is 7.96. The van der Waals surface area contributed by atoms with Gasteiger partial charge in [0.25, 0.3) is 0 Å². The van der Waals surface area contributed by atoms with Gasteiger partial charge in [-0.15, -0.1) is 0 Å². The molecule has 0 saturated carbocycles. The van der Waals surface area contributed by atoms with E-state index in [4.69, 9.17) is 0 Å². The van der Waals surface area contributed by atoms with Crippen molar-refractivity contribution < 1.29 is 0 Å². The number of hydrogen-bond donors (Lipinski definition) is 0. The van der Waals surface area contributed by atoms with E-state index in [1.54, 1.807) is 0 Å². The maximum absolute atomic E-state index is 3.28. The fourth-order valence-electron chi connectivity index (χ4n) is 1.80. The molecular weight excluding hydrogens is 204 g/mol. The van der Waals surface area contributed by atoms with Gasteiger partial charge in [0.05, 0.1) is 0 Å². The van der Waals surface area contributed by atoms with Crippen molar-refractivity contribution in [3.05, 3.63) is 34.9 Å². The Bertz CT molecular complexity index is 390. The molecule has 0 aliphatic rings. The Balaban J connectivity index is 2.31. The largest absolute Gasteiger partial charge is 0.0979 e. The summed E-state index contributed by atoms with van der Waals surface area (Å²) in [7, 11) is 0. The summed E-state index contributed by atoms with van der Waals surface area (Å²) in [6.07, 6.45) is 7.66. The van der Waals surface area contributed by atoms with Crippen molar-refractivity contribution in [1.82, 2.24) is 0 Å². The molecule has 1 rings (SSSR count). The van der Waals surface area contributed by atoms with E-state index >= 15 is 0 Å². The van der Waals surface area contributed by atoms with E-state index in [9.17, 15) is 0 Å². The van der Waals surface area contributed by atoms with Crippen molar-refractivity contribution in [2.75, 3.05) is 0 Å². The minimum Gasteiger partial charge on any atom is -0.0979 e. The molecular formula is C17H24. The number of unbranched alkanes of at least 4 members (excludes halogenated alkanes) is 5. The summed E-state index contributed by atoms with van der Waals surface area (Å²) >= 11 is 0. The second-order valence-corrected chi connectivity index (χ2v) is 4.77. The molecule has 0 unspecified atom stereocenters. The minimum absolute atomic E-state index is 1.04. The molecule has 92 valence electrons. The smallest absolute Gasteiger partial charge is 0.0248 e. The number of aryl methyl sites for hydroxylation is 2. The van der Waals surface area contributed by atoms with Crippen molar-refractivity contribution in [3.8, 4) is 11.8 Å². The predicted octanol–water partition coefficient (Wildman–Crippen LogP) is 5.02. The van der Waals surface area contributed by atoms with Gasteiger partial charge in [-0.2, -0.15) is 0 Å². The van der Waals surface area contributed by atoms with Gasteiger partial charge in [0, 0.05) is 12.0 Å². The Morgan fingerprint density at radius 2 is 1.71 bits per heavy atom. The normalized spacial score (nSPS) is 9.82. The lowest BCUT2D eigenvalue weighted by atomic mass is 10.1. The Labute approximate surface area is 106 Å². The molecule has 0 N–H and O–H groups in total. The lowest BCUT2D eigenvalue weighted by Crippen LogP contribution is -1.82. The van der Waals surface area contributed by atoms with Gasteiger partial charge in [-0.3, -0.25) is 0 Å². The maximum atomic E-state index is 3.28. The first kappa shape index (κ1) is 13.8. The summed E-state index contributed by atoms with van der Waals surface area (Å²) < 4.78 is 0. The maximum Gasteiger partial charge on any atom is 0.0248 e. The van der Waals surface area contributed by atoms with E-state index in [-0.39, 0.29) is 0 Å². The van der Waals surface area contributed by atoms with Crippen molar-refractivity contribution in [3.63, 3.8) is 0 Å². The van der Waals surface area contributed by atoms with Crippen LogP contribution in [0.3, 0.4) is 0 Å². The van der Waals surface area contributed by atoms with Gasteiger partial charge in [0.1, 0.15) is 0 Å². The third-order valence-electron chi connectivity index (χ3n) is 3.14. The van der Waals surface area contributed by atoms with Crippen molar-refractivity contribution in [2.24, 2.45) is 0 Å². The molecule has 0 atom stereocenters. The van der Waals surface area contributed by atoms with E-state index in [0.29, 0.717) is 0 Å². The number of benzene rings is 1. The first-order valence-corrected chi connectivity index (χ1v) is 6.80. The average Bonchev–Trinajstić information content (AvgIpc) is 2.32. The van der Waals surface area contributed by atoms with Crippen molar-refractivity contribution >= 4 is 0 Å². The molecule has 0 aliphatic carbocycles. The van der Waals surface area contributed by atoms with Gasteiger partial charge in [-0.05, 0) is 43.5 Å². The van der Waals surface area contributed by atoms with Crippen LogP contribution in [0.25, 0.3) is 0 Å². The standard InChI is InChI=1S/C17H24/c1-4-5-6-7-8-9-10-11-17-13-12-15(2)16(3)14-17/h12-14H,4-9H2,1-3H3. The third-order valence-corrected chi connectivity index (χ3v) is 3.14. The van der Waals surface area contributed by atoms with Crippen LogP contribution in [0.15, 0.2) is 18.2 Å². The van der Waals surface area contributed by atoms with Gasteiger partial charge in [0.2, 0.25) is 0 Å². The summed E-state index contributed by atoms with van der Waals surface area (Å²) in [5.41, 5.74) is 3.83. The second-order valence-electron chi connectivity index (χ2n) is 4.77. The molecule has 0 spiro atoms. The van der Waals surface area contributed by atoms with Crippen LogP contribution in [0.4, 0.5) is 0 Å².